The van der Waals surface area contributed by atoms with E-state index in [0.29, 0.717) is 0 Å². The molecule has 9 heteroatoms. The zero-order chi connectivity index (χ0) is 0. The van der Waals surface area contributed by atoms with Gasteiger partial charge in [-0.15, -0.1) is 120 Å². The van der Waals surface area contributed by atoms with Gasteiger partial charge < -0.3 is 24.0 Å². The number of hydrogen-bond donors (Lipinski definition) is 0. The summed E-state index contributed by atoms with van der Waals surface area (Å²) in [6.45, 7) is 0. The van der Waals surface area contributed by atoms with Crippen LogP contribution in [0, 0.1) is 0 Å². The van der Waals surface area contributed by atoms with Gasteiger partial charge in [-0.25, -0.2) is 0 Å². The molecule has 0 aromatic carbocycles. The van der Waals surface area contributed by atoms with Gasteiger partial charge in [-0.3, -0.25) is 0 Å². The van der Waals surface area contributed by atoms with E-state index in [2.05, 4.69) is 0 Å². The quantitative estimate of drug-likeness (QED) is 0.142. The van der Waals surface area contributed by atoms with Crippen molar-refractivity contribution in [3.05, 3.63) is 0 Å². The molecule has 0 fully saturated rings. The Morgan fingerprint density at radius 1 is 0.556 bits per heavy atom. The maximum absolute atomic E-state index is 0. The first-order valence-electron chi connectivity index (χ1n) is 0. The summed E-state index contributed by atoms with van der Waals surface area (Å²) in [6, 6.07) is 0. The molecule has 0 aliphatic heterocycles. The Bertz CT molecular complexity index is 13.0. The van der Waals surface area contributed by atoms with Gasteiger partial charge in [0.1, 0.15) is 0 Å². The standard InChI is InChI=1S/6HI.Li.H3P.H2S/h6*1H;;1H3;1H2/q;;;;;;+1;;/p-1. The van der Waals surface area contributed by atoms with Gasteiger partial charge in [0.2, 0.25) is 0 Å². The van der Waals surface area contributed by atoms with Crippen molar-refractivity contribution in [2.24, 2.45) is 0 Å². The van der Waals surface area contributed by atoms with Gasteiger partial charge in [-0.2, -0.15) is 23.4 Å². The van der Waals surface area contributed by atoms with Crippen LogP contribution in [0.3, 0.4) is 0 Å². The minimum Gasteiger partial charge on any atom is -1.00 e. The van der Waals surface area contributed by atoms with Crippen LogP contribution in [-0.4, -0.2) is 0 Å². The molecule has 0 N–H and O–H groups in total. The van der Waals surface area contributed by atoms with Crippen molar-refractivity contribution in [1.82, 2.24) is 0 Å². The molecule has 0 aliphatic rings. The topological polar surface area (TPSA) is 0 Å². The fourth-order valence-electron chi connectivity index (χ4n) is 0. The molecule has 0 aromatic rings. The Balaban J connectivity index is 0. The van der Waals surface area contributed by atoms with E-state index in [0.717, 1.165) is 0 Å². The Morgan fingerprint density at radius 2 is 0.556 bits per heavy atom. The van der Waals surface area contributed by atoms with E-state index in [9.17, 15) is 0 Å². The molecular weight excluding hydrogens is 831 g/mol. The second-order valence-electron chi connectivity index (χ2n) is 0. The van der Waals surface area contributed by atoms with Crippen LogP contribution in [-0.2, 0) is 0 Å². The van der Waals surface area contributed by atoms with E-state index < -0.39 is 0 Å². The zero-order valence-electron chi connectivity index (χ0n) is 4.63. The monoisotopic (exact) mass is 841 g/mol. The van der Waals surface area contributed by atoms with Crippen LogP contribution in [0.15, 0.2) is 0 Å². The molecule has 0 nitrogen and oxygen atoms in total. The summed E-state index contributed by atoms with van der Waals surface area (Å²) in [6.07, 6.45) is 0. The van der Waals surface area contributed by atoms with E-state index in [-0.39, 0.29) is 186 Å². The van der Waals surface area contributed by atoms with Gasteiger partial charge in [0.25, 0.3) is 0 Å². The molecule has 64 valence electrons. The Hall–Kier alpha value is 5.76. The number of hydrogen-bond acceptors (Lipinski definition) is 0. The molecule has 0 radical (unpaired) electrons. The summed E-state index contributed by atoms with van der Waals surface area (Å²) in [5.74, 6) is 0. The molecule has 0 aliphatic carbocycles. The second kappa shape index (κ2) is 67.5. The van der Waals surface area contributed by atoms with Crippen LogP contribution >= 0.6 is 143 Å². The average Bonchev–Trinajstić information content (AvgIpc) is 0. The fourth-order valence-corrected chi connectivity index (χ4v) is 0. The molecule has 0 saturated heterocycles. The normalized spacial score (nSPS) is 0. The Morgan fingerprint density at radius 3 is 0.556 bits per heavy atom. The van der Waals surface area contributed by atoms with E-state index in [1.54, 1.807) is 0 Å². The van der Waals surface area contributed by atoms with Crippen molar-refractivity contribution < 1.29 is 42.8 Å². The molecule has 1 unspecified atom stereocenters. The Labute approximate surface area is 181 Å². The molecule has 9 heavy (non-hydrogen) atoms. The van der Waals surface area contributed by atoms with E-state index in [1.165, 1.54) is 0 Å². The second-order valence-corrected chi connectivity index (χ2v) is 0. The van der Waals surface area contributed by atoms with Crippen LogP contribution in [0.2, 0.25) is 0 Å². The van der Waals surface area contributed by atoms with Crippen molar-refractivity contribution in [3.63, 3.8) is 0 Å². The number of rotatable bonds is 0. The van der Waals surface area contributed by atoms with Gasteiger partial charge in [-0.05, 0) is 0 Å². The van der Waals surface area contributed by atoms with Crippen LogP contribution < -0.4 is 42.8 Å². The van der Waals surface area contributed by atoms with Gasteiger partial charge in [0.05, 0.1) is 0 Å². The summed E-state index contributed by atoms with van der Waals surface area (Å²) in [4.78, 5) is 0. The first-order chi connectivity index (χ1) is 0. The van der Waals surface area contributed by atoms with Gasteiger partial charge >= 0.3 is 18.9 Å². The van der Waals surface area contributed by atoms with E-state index in [4.69, 9.17) is 0 Å². The first kappa shape index (κ1) is 84.3. The van der Waals surface area contributed by atoms with Gasteiger partial charge in [-0.1, -0.05) is 0 Å². The average molecular weight is 841 g/mol. The molecule has 1 atom stereocenters. The molecule has 0 spiro atoms. The van der Waals surface area contributed by atoms with E-state index >= 15 is 0 Å². The van der Waals surface area contributed by atoms with Gasteiger partial charge in [0, 0.05) is 0 Å². The molecular formula is H10I6LiPS. The SMILES string of the molecule is I.I.I.I.I.P.S.[I-].[Li+]. The minimum atomic E-state index is 0. The third-order valence-corrected chi connectivity index (χ3v) is 0. The van der Waals surface area contributed by atoms with Crippen LogP contribution in [0.4, 0.5) is 0 Å². The van der Waals surface area contributed by atoms with E-state index in [1.807, 2.05) is 0 Å². The largest absolute Gasteiger partial charge is 1.00 e. The zero-order valence-corrected chi connectivity index (χ0v) is 20.8. The number of halogens is 6. The summed E-state index contributed by atoms with van der Waals surface area (Å²) < 4.78 is 0. The molecule has 0 heterocycles. The minimum absolute atomic E-state index is 0. The maximum Gasteiger partial charge on any atom is 1.00 e. The van der Waals surface area contributed by atoms with Gasteiger partial charge in [0.15, 0.2) is 0 Å². The van der Waals surface area contributed by atoms with Crippen LogP contribution in [0.1, 0.15) is 0 Å². The first-order valence-corrected chi connectivity index (χ1v) is 0. The van der Waals surface area contributed by atoms with Crippen molar-refractivity contribution in [3.8, 4) is 0 Å². The summed E-state index contributed by atoms with van der Waals surface area (Å²) >= 11 is 0. The van der Waals surface area contributed by atoms with Crippen molar-refractivity contribution in [1.29, 1.82) is 0 Å². The summed E-state index contributed by atoms with van der Waals surface area (Å²) in [5, 5.41) is 0. The third-order valence-electron chi connectivity index (χ3n) is 0. The molecule has 0 bridgehead atoms. The summed E-state index contributed by atoms with van der Waals surface area (Å²) in [7, 11) is 0. The fraction of sp³-hybridized carbons (Fsp3) is 0. The Kier molecular flexibility index (Phi) is 632. The molecule has 0 saturated carbocycles. The predicted octanol–water partition coefficient (Wildman–Crippen LogP) is -2.73. The molecule has 0 aromatic heterocycles. The molecule has 0 amide bonds. The van der Waals surface area contributed by atoms with Crippen molar-refractivity contribution in [2.75, 3.05) is 0 Å². The third kappa shape index (κ3) is 57.4. The smallest absolute Gasteiger partial charge is 1.00 e. The summed E-state index contributed by atoms with van der Waals surface area (Å²) in [5.41, 5.74) is 0. The van der Waals surface area contributed by atoms with Crippen LogP contribution in [0.25, 0.3) is 0 Å². The molecule has 0 rings (SSSR count). The van der Waals surface area contributed by atoms with Crippen molar-refractivity contribution >= 4 is 143 Å². The maximum atomic E-state index is 0. The van der Waals surface area contributed by atoms with Crippen LogP contribution in [0.5, 0.6) is 0 Å². The predicted molar refractivity (Wildman–Crippen MR) is 98.6 cm³/mol. The van der Waals surface area contributed by atoms with Crippen molar-refractivity contribution in [2.45, 2.75) is 0 Å².